The van der Waals surface area contributed by atoms with Gasteiger partial charge in [0.1, 0.15) is 0 Å². The first kappa shape index (κ1) is 12.0. The molecule has 2 aliphatic rings. The summed E-state index contributed by atoms with van der Waals surface area (Å²) in [4.78, 5) is 14.0. The minimum atomic E-state index is -0.795. The molecule has 1 N–H and O–H groups in total. The Labute approximate surface area is 99.2 Å². The largest absolute Gasteiger partial charge is 0.326 e. The van der Waals surface area contributed by atoms with Crippen LogP contribution < -0.4 is 5.32 Å². The number of carbonyl (C=O) groups is 1. The molecule has 2 fully saturated rings. The molecule has 92 valence electrons. The highest BCUT2D eigenvalue weighted by Gasteiger charge is 2.57. The van der Waals surface area contributed by atoms with Gasteiger partial charge in [-0.1, -0.05) is 6.92 Å². The highest BCUT2D eigenvalue weighted by molar-refractivity contribution is 7.84. The topological polar surface area (TPSA) is 49.4 Å². The Bertz CT molecular complexity index is 328. The third-order valence-electron chi connectivity index (χ3n) is 3.72. The first-order valence-corrected chi connectivity index (χ1v) is 7.49. The monoisotopic (exact) mass is 244 g/mol. The van der Waals surface area contributed by atoms with Gasteiger partial charge in [0.25, 0.3) is 0 Å². The predicted molar refractivity (Wildman–Crippen MR) is 64.4 cm³/mol. The van der Waals surface area contributed by atoms with Gasteiger partial charge in [-0.3, -0.25) is 14.3 Å². The number of nitrogens with zero attached hydrogens (tertiary/aromatic N) is 1. The summed E-state index contributed by atoms with van der Waals surface area (Å²) in [6, 6.07) is 0. The Kier molecular flexibility index (Phi) is 3.09. The summed E-state index contributed by atoms with van der Waals surface area (Å²) in [5.41, 5.74) is -0.214. The minimum Gasteiger partial charge on any atom is -0.326 e. The molecule has 3 atom stereocenters. The van der Waals surface area contributed by atoms with Gasteiger partial charge in [-0.2, -0.15) is 0 Å². The van der Waals surface area contributed by atoms with Crippen LogP contribution in [0.4, 0.5) is 0 Å². The van der Waals surface area contributed by atoms with Crippen LogP contribution in [-0.4, -0.2) is 44.8 Å². The number of nitrogens with one attached hydrogen (secondary N) is 1. The third kappa shape index (κ3) is 2.02. The fraction of sp³-hybridized carbons (Fsp3) is 0.909. The molecule has 0 aromatic carbocycles. The zero-order chi connectivity index (χ0) is 11.9. The lowest BCUT2D eigenvalue weighted by atomic mass is 10.2. The van der Waals surface area contributed by atoms with Crippen LogP contribution in [0.1, 0.15) is 33.1 Å². The fourth-order valence-corrected chi connectivity index (χ4v) is 2.69. The van der Waals surface area contributed by atoms with E-state index in [1.807, 2.05) is 18.7 Å². The molecule has 3 unspecified atom stereocenters. The van der Waals surface area contributed by atoms with Crippen molar-refractivity contribution >= 4 is 16.7 Å². The Morgan fingerprint density at radius 1 is 1.62 bits per heavy atom. The van der Waals surface area contributed by atoms with E-state index in [0.717, 1.165) is 25.8 Å². The molecule has 0 bridgehead atoms. The lowest BCUT2D eigenvalue weighted by Crippen LogP contribution is -2.36. The summed E-state index contributed by atoms with van der Waals surface area (Å²) in [5, 5.41) is 3.52. The zero-order valence-corrected chi connectivity index (χ0v) is 11.0. The molecule has 0 aromatic heterocycles. The average molecular weight is 244 g/mol. The number of rotatable bonds is 4. The Morgan fingerprint density at radius 2 is 2.25 bits per heavy atom. The lowest BCUT2D eigenvalue weighted by molar-refractivity contribution is -0.130. The summed E-state index contributed by atoms with van der Waals surface area (Å²) in [6.45, 7) is 4.72. The molecule has 16 heavy (non-hydrogen) atoms. The van der Waals surface area contributed by atoms with E-state index >= 15 is 0 Å². The van der Waals surface area contributed by atoms with Crippen molar-refractivity contribution in [2.75, 3.05) is 12.8 Å². The molecule has 1 aliphatic heterocycles. The summed E-state index contributed by atoms with van der Waals surface area (Å²) in [7, 11) is -0.795. The van der Waals surface area contributed by atoms with E-state index in [1.165, 1.54) is 0 Å². The summed E-state index contributed by atoms with van der Waals surface area (Å²) in [6.07, 6.45) is 4.62. The van der Waals surface area contributed by atoms with Crippen LogP contribution in [0.3, 0.4) is 0 Å². The van der Waals surface area contributed by atoms with Gasteiger partial charge in [-0.25, -0.2) is 0 Å². The molecular weight excluding hydrogens is 224 g/mol. The molecule has 4 nitrogen and oxygen atoms in total. The quantitative estimate of drug-likeness (QED) is 0.781. The summed E-state index contributed by atoms with van der Waals surface area (Å²) >= 11 is 0. The van der Waals surface area contributed by atoms with Gasteiger partial charge in [0.2, 0.25) is 5.91 Å². The van der Waals surface area contributed by atoms with E-state index in [4.69, 9.17) is 0 Å². The highest BCUT2D eigenvalue weighted by atomic mass is 32.2. The van der Waals surface area contributed by atoms with Gasteiger partial charge in [0.05, 0.1) is 11.7 Å². The van der Waals surface area contributed by atoms with Crippen molar-refractivity contribution < 1.29 is 9.00 Å². The van der Waals surface area contributed by atoms with E-state index in [2.05, 4.69) is 5.32 Å². The second kappa shape index (κ2) is 4.11. The van der Waals surface area contributed by atoms with Gasteiger partial charge in [-0.15, -0.1) is 0 Å². The molecule has 0 radical (unpaired) electrons. The van der Waals surface area contributed by atoms with Crippen molar-refractivity contribution in [1.29, 1.82) is 0 Å². The van der Waals surface area contributed by atoms with Crippen LogP contribution in [0, 0.1) is 0 Å². The van der Waals surface area contributed by atoms with Crippen molar-refractivity contribution in [1.82, 2.24) is 10.2 Å². The first-order valence-electron chi connectivity index (χ1n) is 5.87. The smallest absolute Gasteiger partial charge is 0.244 e. The molecule has 1 aliphatic carbocycles. The highest BCUT2D eigenvalue weighted by Crippen LogP contribution is 2.41. The SMILES string of the molecule is CC1NC2(CC2)C(=O)N1CCC(C)S(C)=O. The van der Waals surface area contributed by atoms with Crippen LogP contribution in [0.5, 0.6) is 0 Å². The van der Waals surface area contributed by atoms with Gasteiger partial charge < -0.3 is 4.90 Å². The van der Waals surface area contributed by atoms with Gasteiger partial charge >= 0.3 is 0 Å². The molecular formula is C11H20N2O2S. The van der Waals surface area contributed by atoms with Crippen molar-refractivity contribution in [3.05, 3.63) is 0 Å². The van der Waals surface area contributed by atoms with Crippen molar-refractivity contribution in [2.45, 2.75) is 50.1 Å². The van der Waals surface area contributed by atoms with Crippen LogP contribution in [0.25, 0.3) is 0 Å². The number of amides is 1. The van der Waals surface area contributed by atoms with Crippen molar-refractivity contribution in [3.63, 3.8) is 0 Å². The van der Waals surface area contributed by atoms with Crippen molar-refractivity contribution in [3.8, 4) is 0 Å². The van der Waals surface area contributed by atoms with Crippen LogP contribution in [0.2, 0.25) is 0 Å². The van der Waals surface area contributed by atoms with Gasteiger partial charge in [0.15, 0.2) is 0 Å². The Hall–Kier alpha value is -0.420. The Balaban J connectivity index is 1.90. The normalized spacial score (nSPS) is 30.8. The maximum atomic E-state index is 12.1. The molecule has 0 aromatic rings. The van der Waals surface area contributed by atoms with E-state index in [0.29, 0.717) is 0 Å². The van der Waals surface area contributed by atoms with Crippen LogP contribution in [0.15, 0.2) is 0 Å². The maximum Gasteiger partial charge on any atom is 0.244 e. The Morgan fingerprint density at radius 3 is 2.69 bits per heavy atom. The number of carbonyl (C=O) groups excluding carboxylic acids is 1. The van der Waals surface area contributed by atoms with E-state index in [-0.39, 0.29) is 22.9 Å². The molecule has 1 saturated heterocycles. The van der Waals surface area contributed by atoms with Crippen LogP contribution in [-0.2, 0) is 15.6 Å². The zero-order valence-electron chi connectivity index (χ0n) is 10.2. The third-order valence-corrected chi connectivity index (χ3v) is 5.09. The fourth-order valence-electron chi connectivity index (χ4n) is 2.26. The molecule has 5 heteroatoms. The maximum absolute atomic E-state index is 12.1. The van der Waals surface area contributed by atoms with Gasteiger partial charge in [-0.05, 0) is 26.2 Å². The molecule has 1 heterocycles. The van der Waals surface area contributed by atoms with Crippen LogP contribution >= 0.6 is 0 Å². The average Bonchev–Trinajstić information content (AvgIpc) is 2.93. The second-order valence-electron chi connectivity index (χ2n) is 5.00. The summed E-state index contributed by atoms with van der Waals surface area (Å²) < 4.78 is 11.2. The van der Waals surface area contributed by atoms with E-state index in [9.17, 15) is 9.00 Å². The predicted octanol–water partition coefficient (Wildman–Crippen LogP) is 0.454. The molecule has 1 amide bonds. The number of hydrogen-bond acceptors (Lipinski definition) is 3. The molecule has 2 rings (SSSR count). The molecule has 1 saturated carbocycles. The second-order valence-corrected chi connectivity index (χ2v) is 6.80. The lowest BCUT2D eigenvalue weighted by Gasteiger charge is -2.22. The first-order chi connectivity index (χ1) is 7.46. The minimum absolute atomic E-state index is 0.132. The standard InChI is InChI=1S/C11H20N2O2S/c1-8(16(3)15)4-7-13-9(2)12-11(5-6-11)10(13)14/h8-9,12H,4-7H2,1-3H3. The summed E-state index contributed by atoms with van der Waals surface area (Å²) in [5.74, 6) is 0.245. The van der Waals surface area contributed by atoms with Gasteiger partial charge in [0, 0.05) is 28.9 Å². The van der Waals surface area contributed by atoms with E-state index < -0.39 is 10.8 Å². The number of hydrogen-bond donors (Lipinski definition) is 1. The van der Waals surface area contributed by atoms with Crippen molar-refractivity contribution in [2.24, 2.45) is 0 Å². The van der Waals surface area contributed by atoms with E-state index in [1.54, 1.807) is 6.26 Å². The molecule has 1 spiro atoms.